The molecule has 0 saturated carbocycles. The predicted molar refractivity (Wildman–Crippen MR) is 76.9 cm³/mol. The molecule has 4 nitrogen and oxygen atoms in total. The molecule has 0 aliphatic carbocycles. The molecule has 1 heterocycles. The van der Waals surface area contributed by atoms with Crippen molar-refractivity contribution in [1.82, 2.24) is 14.8 Å². The van der Waals surface area contributed by atoms with Crippen molar-refractivity contribution in [3.05, 3.63) is 47.5 Å². The topological polar surface area (TPSA) is 56.7 Å². The first-order chi connectivity index (χ1) is 9.20. The Kier molecular flexibility index (Phi) is 4.68. The van der Waals surface area contributed by atoms with Gasteiger partial charge in [-0.15, -0.1) is 0 Å². The molecule has 2 aromatic rings. The number of hydrogen-bond acceptors (Lipinski definition) is 3. The van der Waals surface area contributed by atoms with E-state index < -0.39 is 0 Å². The lowest BCUT2D eigenvalue weighted by molar-refractivity contribution is 0.546. The van der Waals surface area contributed by atoms with Crippen LogP contribution in [0.4, 0.5) is 0 Å². The molecule has 1 unspecified atom stereocenters. The molecule has 0 radical (unpaired) electrons. The van der Waals surface area contributed by atoms with Crippen LogP contribution in [0.1, 0.15) is 30.3 Å². The smallest absolute Gasteiger partial charge is 0.138 e. The summed E-state index contributed by atoms with van der Waals surface area (Å²) in [4.78, 5) is 4.27. The van der Waals surface area contributed by atoms with E-state index in [9.17, 15) is 0 Å². The van der Waals surface area contributed by atoms with Crippen molar-refractivity contribution >= 4 is 0 Å². The van der Waals surface area contributed by atoms with Gasteiger partial charge in [0.05, 0.1) is 0 Å². The van der Waals surface area contributed by atoms with E-state index in [0.29, 0.717) is 0 Å². The number of aryl methyl sites for hydroxylation is 3. The molecule has 1 aromatic carbocycles. The Morgan fingerprint density at radius 3 is 2.84 bits per heavy atom. The van der Waals surface area contributed by atoms with E-state index in [0.717, 1.165) is 31.6 Å². The summed E-state index contributed by atoms with van der Waals surface area (Å²) in [5.74, 6) is 0.986. The number of rotatable bonds is 6. The molecule has 102 valence electrons. The molecule has 0 aliphatic heterocycles. The van der Waals surface area contributed by atoms with Crippen LogP contribution in [0.2, 0.25) is 0 Å². The molecule has 0 fully saturated rings. The van der Waals surface area contributed by atoms with E-state index in [-0.39, 0.29) is 6.04 Å². The molecule has 19 heavy (non-hydrogen) atoms. The maximum atomic E-state index is 6.21. The lowest BCUT2D eigenvalue weighted by atomic mass is 10.00. The third-order valence-electron chi connectivity index (χ3n) is 3.49. The zero-order valence-electron chi connectivity index (χ0n) is 11.7. The van der Waals surface area contributed by atoms with Gasteiger partial charge in [-0.05, 0) is 37.8 Å². The van der Waals surface area contributed by atoms with Crippen LogP contribution in [-0.4, -0.2) is 20.8 Å². The standard InChI is InChI=1S/C15H22N4/c1-3-19-15(17-11-18-19)10-14(16)9-8-13-7-5-4-6-12(13)2/h4-7,11,14H,3,8-10,16H2,1-2H3. The van der Waals surface area contributed by atoms with E-state index in [2.05, 4.69) is 48.2 Å². The Labute approximate surface area is 114 Å². The summed E-state index contributed by atoms with van der Waals surface area (Å²) < 4.78 is 1.91. The molecule has 1 atom stereocenters. The van der Waals surface area contributed by atoms with Gasteiger partial charge >= 0.3 is 0 Å². The van der Waals surface area contributed by atoms with E-state index in [1.54, 1.807) is 6.33 Å². The highest BCUT2D eigenvalue weighted by Crippen LogP contribution is 2.11. The van der Waals surface area contributed by atoms with E-state index >= 15 is 0 Å². The van der Waals surface area contributed by atoms with Gasteiger partial charge in [-0.25, -0.2) is 4.98 Å². The first-order valence-corrected chi connectivity index (χ1v) is 6.87. The second-order valence-electron chi connectivity index (χ2n) is 4.92. The van der Waals surface area contributed by atoms with Gasteiger partial charge in [0.25, 0.3) is 0 Å². The highest BCUT2D eigenvalue weighted by Gasteiger charge is 2.10. The maximum absolute atomic E-state index is 6.21. The Hall–Kier alpha value is -1.68. The van der Waals surface area contributed by atoms with Crippen LogP contribution in [0.15, 0.2) is 30.6 Å². The largest absolute Gasteiger partial charge is 0.327 e. The quantitative estimate of drug-likeness (QED) is 0.863. The average Bonchev–Trinajstić information content (AvgIpc) is 2.85. The van der Waals surface area contributed by atoms with Gasteiger partial charge in [0.2, 0.25) is 0 Å². The second-order valence-corrected chi connectivity index (χ2v) is 4.92. The average molecular weight is 258 g/mol. The van der Waals surface area contributed by atoms with Crippen molar-refractivity contribution < 1.29 is 0 Å². The number of benzene rings is 1. The summed E-state index contributed by atoms with van der Waals surface area (Å²) in [6, 6.07) is 8.61. The fourth-order valence-electron chi connectivity index (χ4n) is 2.28. The summed E-state index contributed by atoms with van der Waals surface area (Å²) in [6.45, 7) is 5.06. The van der Waals surface area contributed by atoms with Gasteiger partial charge in [-0.3, -0.25) is 4.68 Å². The normalized spacial score (nSPS) is 12.6. The first kappa shape index (κ1) is 13.7. The first-order valence-electron chi connectivity index (χ1n) is 6.87. The molecule has 1 aromatic heterocycles. The fraction of sp³-hybridized carbons (Fsp3) is 0.467. The Balaban J connectivity index is 1.88. The Morgan fingerprint density at radius 1 is 1.32 bits per heavy atom. The summed E-state index contributed by atoms with van der Waals surface area (Å²) >= 11 is 0. The highest BCUT2D eigenvalue weighted by atomic mass is 15.3. The van der Waals surface area contributed by atoms with Gasteiger partial charge in [0, 0.05) is 19.0 Å². The Bertz CT molecular complexity index is 518. The molecular weight excluding hydrogens is 236 g/mol. The molecule has 0 bridgehead atoms. The second kappa shape index (κ2) is 6.48. The number of aromatic nitrogens is 3. The minimum atomic E-state index is 0.133. The minimum Gasteiger partial charge on any atom is -0.327 e. The van der Waals surface area contributed by atoms with Crippen LogP contribution in [0.3, 0.4) is 0 Å². The summed E-state index contributed by atoms with van der Waals surface area (Å²) in [5, 5.41) is 4.17. The van der Waals surface area contributed by atoms with Gasteiger partial charge in [-0.2, -0.15) is 5.10 Å². The van der Waals surface area contributed by atoms with Crippen LogP contribution >= 0.6 is 0 Å². The minimum absolute atomic E-state index is 0.133. The van der Waals surface area contributed by atoms with E-state index in [1.807, 2.05) is 4.68 Å². The summed E-state index contributed by atoms with van der Waals surface area (Å²) in [7, 11) is 0. The molecule has 0 amide bonds. The van der Waals surface area contributed by atoms with E-state index in [1.165, 1.54) is 11.1 Å². The van der Waals surface area contributed by atoms with Crippen molar-refractivity contribution in [3.8, 4) is 0 Å². The third-order valence-corrected chi connectivity index (χ3v) is 3.49. The van der Waals surface area contributed by atoms with Crippen LogP contribution in [0.25, 0.3) is 0 Å². The van der Waals surface area contributed by atoms with Crippen LogP contribution < -0.4 is 5.73 Å². The lowest BCUT2D eigenvalue weighted by Crippen LogP contribution is -2.25. The van der Waals surface area contributed by atoms with Crippen LogP contribution in [0, 0.1) is 6.92 Å². The van der Waals surface area contributed by atoms with Crippen LogP contribution in [-0.2, 0) is 19.4 Å². The van der Waals surface area contributed by atoms with Gasteiger partial charge < -0.3 is 5.73 Å². The molecule has 2 rings (SSSR count). The summed E-state index contributed by atoms with van der Waals surface area (Å²) in [6.07, 6.45) is 4.39. The van der Waals surface area contributed by atoms with Gasteiger partial charge in [-0.1, -0.05) is 24.3 Å². The van der Waals surface area contributed by atoms with Gasteiger partial charge in [0.15, 0.2) is 0 Å². The fourth-order valence-corrected chi connectivity index (χ4v) is 2.28. The molecule has 4 heteroatoms. The molecular formula is C15H22N4. The van der Waals surface area contributed by atoms with Crippen molar-refractivity contribution in [2.45, 2.75) is 45.7 Å². The zero-order chi connectivity index (χ0) is 13.7. The summed E-state index contributed by atoms with van der Waals surface area (Å²) in [5.41, 5.74) is 8.93. The number of hydrogen-bond donors (Lipinski definition) is 1. The predicted octanol–water partition coefficient (Wildman–Crippen LogP) is 2.11. The van der Waals surface area contributed by atoms with E-state index in [4.69, 9.17) is 5.73 Å². The maximum Gasteiger partial charge on any atom is 0.138 e. The van der Waals surface area contributed by atoms with Crippen molar-refractivity contribution in [2.24, 2.45) is 5.73 Å². The van der Waals surface area contributed by atoms with Crippen molar-refractivity contribution in [1.29, 1.82) is 0 Å². The number of nitrogens with zero attached hydrogens (tertiary/aromatic N) is 3. The van der Waals surface area contributed by atoms with Crippen LogP contribution in [0.5, 0.6) is 0 Å². The lowest BCUT2D eigenvalue weighted by Gasteiger charge is -2.12. The molecule has 0 aliphatic rings. The van der Waals surface area contributed by atoms with Gasteiger partial charge in [0.1, 0.15) is 12.2 Å². The molecule has 0 spiro atoms. The SMILES string of the molecule is CCn1ncnc1CC(N)CCc1ccccc1C. The monoisotopic (exact) mass is 258 g/mol. The number of nitrogens with two attached hydrogens (primary N) is 1. The van der Waals surface area contributed by atoms with Crippen molar-refractivity contribution in [2.75, 3.05) is 0 Å². The zero-order valence-corrected chi connectivity index (χ0v) is 11.7. The molecule has 0 saturated heterocycles. The third kappa shape index (κ3) is 3.64. The molecule has 2 N–H and O–H groups in total. The highest BCUT2D eigenvalue weighted by molar-refractivity contribution is 5.25. The Morgan fingerprint density at radius 2 is 2.11 bits per heavy atom. The van der Waals surface area contributed by atoms with Crippen molar-refractivity contribution in [3.63, 3.8) is 0 Å².